The summed E-state index contributed by atoms with van der Waals surface area (Å²) in [4.78, 5) is 10.6. The first-order valence-corrected chi connectivity index (χ1v) is 6.87. The maximum Gasteiger partial charge on any atom is 0.269 e. The normalized spacial score (nSPS) is 22.4. The van der Waals surface area contributed by atoms with Gasteiger partial charge in [-0.1, -0.05) is 24.3 Å². The van der Waals surface area contributed by atoms with E-state index < -0.39 is 0 Å². The van der Waals surface area contributed by atoms with E-state index in [1.807, 2.05) is 6.07 Å². The monoisotopic (exact) mass is 266 g/mol. The number of nitrogens with zero attached hydrogens (tertiary/aromatic N) is 1. The Labute approximate surface area is 116 Å². The third-order valence-corrected chi connectivity index (χ3v) is 4.47. The average molecular weight is 266 g/mol. The van der Waals surface area contributed by atoms with Crippen molar-refractivity contribution in [3.8, 4) is 0 Å². The van der Waals surface area contributed by atoms with Gasteiger partial charge in [-0.15, -0.1) is 0 Å². The highest BCUT2D eigenvalue weighted by molar-refractivity contribution is 5.65. The minimum Gasteiger partial charge on any atom is -0.377 e. The molecular formula is C16H14N2O2. The van der Waals surface area contributed by atoms with Gasteiger partial charge in [0.05, 0.1) is 11.0 Å². The van der Waals surface area contributed by atoms with Gasteiger partial charge < -0.3 is 5.32 Å². The number of fused-ring (bicyclic) bond motifs is 5. The summed E-state index contributed by atoms with van der Waals surface area (Å²) in [6.07, 6.45) is 2.09. The second kappa shape index (κ2) is 4.07. The Hall–Kier alpha value is -2.36. The molecule has 4 nitrogen and oxygen atoms in total. The number of nitro benzene ring substituents is 1. The summed E-state index contributed by atoms with van der Waals surface area (Å²) in [5.74, 6) is 0.347. The van der Waals surface area contributed by atoms with Crippen LogP contribution in [-0.4, -0.2) is 4.92 Å². The standard InChI is InChI=1S/C16H14N2O2/c19-18(20)11-6-8-15-14(9-11)13-7-5-10-3-1-2-4-12(10)16(13)17-15/h1-4,6,8-9,13,16-17H,5,7H2. The molecule has 0 aromatic heterocycles. The molecule has 2 atom stereocenters. The lowest BCUT2D eigenvalue weighted by Crippen LogP contribution is -2.19. The molecule has 100 valence electrons. The van der Waals surface area contributed by atoms with Crippen molar-refractivity contribution in [2.45, 2.75) is 24.8 Å². The second-order valence-corrected chi connectivity index (χ2v) is 5.49. The molecule has 2 aromatic rings. The maximum absolute atomic E-state index is 10.9. The molecule has 2 unspecified atom stereocenters. The van der Waals surface area contributed by atoms with Crippen molar-refractivity contribution in [3.05, 3.63) is 69.3 Å². The number of nitro groups is 1. The number of anilines is 1. The van der Waals surface area contributed by atoms with Gasteiger partial charge in [-0.2, -0.15) is 0 Å². The Bertz CT molecular complexity index is 711. The summed E-state index contributed by atoms with van der Waals surface area (Å²) in [7, 11) is 0. The van der Waals surface area contributed by atoms with Crippen LogP contribution in [0.2, 0.25) is 0 Å². The quantitative estimate of drug-likeness (QED) is 0.631. The number of hydrogen-bond donors (Lipinski definition) is 1. The lowest BCUT2D eigenvalue weighted by atomic mass is 9.78. The smallest absolute Gasteiger partial charge is 0.269 e. The van der Waals surface area contributed by atoms with Crippen LogP contribution >= 0.6 is 0 Å². The van der Waals surface area contributed by atoms with Gasteiger partial charge in [0.2, 0.25) is 0 Å². The third kappa shape index (κ3) is 1.54. The molecule has 0 bridgehead atoms. The molecule has 2 aromatic carbocycles. The highest BCUT2D eigenvalue weighted by atomic mass is 16.6. The number of rotatable bonds is 1. The molecular weight excluding hydrogens is 252 g/mol. The minimum absolute atomic E-state index is 0.185. The van der Waals surface area contributed by atoms with Crippen molar-refractivity contribution >= 4 is 11.4 Å². The molecule has 1 heterocycles. The molecule has 0 fully saturated rings. The molecule has 0 radical (unpaired) electrons. The van der Waals surface area contributed by atoms with E-state index in [9.17, 15) is 10.1 Å². The fourth-order valence-electron chi connectivity index (χ4n) is 3.54. The largest absolute Gasteiger partial charge is 0.377 e. The molecule has 4 rings (SSSR count). The summed E-state index contributed by atoms with van der Waals surface area (Å²) in [6.45, 7) is 0. The van der Waals surface area contributed by atoms with Gasteiger partial charge in [-0.05, 0) is 35.6 Å². The van der Waals surface area contributed by atoms with E-state index in [-0.39, 0.29) is 16.7 Å². The van der Waals surface area contributed by atoms with Crippen molar-refractivity contribution in [2.24, 2.45) is 0 Å². The van der Waals surface area contributed by atoms with Crippen LogP contribution in [0.15, 0.2) is 42.5 Å². The highest BCUT2D eigenvalue weighted by Crippen LogP contribution is 2.50. The summed E-state index contributed by atoms with van der Waals surface area (Å²) in [5.41, 5.74) is 5.05. The van der Waals surface area contributed by atoms with Crippen molar-refractivity contribution in [1.82, 2.24) is 0 Å². The summed E-state index contributed by atoms with van der Waals surface area (Å²) in [6, 6.07) is 13.9. The number of non-ortho nitro benzene ring substituents is 1. The van der Waals surface area contributed by atoms with Crippen molar-refractivity contribution in [1.29, 1.82) is 0 Å². The fourth-order valence-corrected chi connectivity index (χ4v) is 3.54. The predicted octanol–water partition coefficient (Wildman–Crippen LogP) is 3.79. The van der Waals surface area contributed by atoms with Crippen LogP contribution in [0.4, 0.5) is 11.4 Å². The predicted molar refractivity (Wildman–Crippen MR) is 77.0 cm³/mol. The fraction of sp³-hybridized carbons (Fsp3) is 0.250. The number of hydrogen-bond acceptors (Lipinski definition) is 3. The third-order valence-electron chi connectivity index (χ3n) is 4.47. The van der Waals surface area contributed by atoms with E-state index in [0.717, 1.165) is 24.1 Å². The highest BCUT2D eigenvalue weighted by Gasteiger charge is 2.37. The molecule has 0 amide bonds. The van der Waals surface area contributed by atoms with Crippen LogP contribution in [-0.2, 0) is 6.42 Å². The Kier molecular flexibility index (Phi) is 2.33. The van der Waals surface area contributed by atoms with Gasteiger partial charge in [-0.25, -0.2) is 0 Å². The molecule has 20 heavy (non-hydrogen) atoms. The SMILES string of the molecule is O=[N+]([O-])c1ccc2c(c1)C1CCc3ccccc3C1N2. The van der Waals surface area contributed by atoms with Crippen LogP contribution < -0.4 is 5.32 Å². The van der Waals surface area contributed by atoms with E-state index in [2.05, 4.69) is 29.6 Å². The number of benzene rings is 2. The molecule has 4 heteroatoms. The zero-order valence-electron chi connectivity index (χ0n) is 10.9. The minimum atomic E-state index is -0.315. The number of nitrogens with one attached hydrogen (secondary N) is 1. The van der Waals surface area contributed by atoms with Crippen LogP contribution in [0.1, 0.15) is 35.1 Å². The molecule has 0 spiro atoms. The average Bonchev–Trinajstić information content (AvgIpc) is 2.85. The summed E-state index contributed by atoms with van der Waals surface area (Å²) >= 11 is 0. The Morgan fingerprint density at radius 3 is 2.85 bits per heavy atom. The molecule has 2 aliphatic rings. The zero-order valence-corrected chi connectivity index (χ0v) is 10.9. The van der Waals surface area contributed by atoms with Crippen molar-refractivity contribution < 1.29 is 4.92 Å². The van der Waals surface area contributed by atoms with E-state index in [0.29, 0.717) is 5.92 Å². The topological polar surface area (TPSA) is 55.2 Å². The Morgan fingerprint density at radius 1 is 1.15 bits per heavy atom. The first kappa shape index (κ1) is 11.5. The van der Waals surface area contributed by atoms with Crippen LogP contribution in [0, 0.1) is 10.1 Å². The van der Waals surface area contributed by atoms with Crippen LogP contribution in [0.25, 0.3) is 0 Å². The molecule has 1 aliphatic carbocycles. The van der Waals surface area contributed by atoms with E-state index in [4.69, 9.17) is 0 Å². The summed E-state index contributed by atoms with van der Waals surface area (Å²) < 4.78 is 0. The van der Waals surface area contributed by atoms with E-state index in [1.165, 1.54) is 11.1 Å². The Balaban J connectivity index is 1.80. The van der Waals surface area contributed by atoms with Gasteiger partial charge in [-0.3, -0.25) is 10.1 Å². The summed E-state index contributed by atoms with van der Waals surface area (Å²) in [5, 5.41) is 14.5. The first-order valence-electron chi connectivity index (χ1n) is 6.87. The van der Waals surface area contributed by atoms with Gasteiger partial charge in [0.25, 0.3) is 5.69 Å². The molecule has 1 aliphatic heterocycles. The first-order chi connectivity index (χ1) is 9.74. The van der Waals surface area contributed by atoms with Gasteiger partial charge in [0.15, 0.2) is 0 Å². The van der Waals surface area contributed by atoms with Crippen LogP contribution in [0.3, 0.4) is 0 Å². The maximum atomic E-state index is 10.9. The van der Waals surface area contributed by atoms with Crippen molar-refractivity contribution in [2.75, 3.05) is 5.32 Å². The molecule has 0 saturated heterocycles. The molecule has 1 N–H and O–H groups in total. The van der Waals surface area contributed by atoms with Crippen LogP contribution in [0.5, 0.6) is 0 Å². The zero-order chi connectivity index (χ0) is 13.7. The van der Waals surface area contributed by atoms with Crippen molar-refractivity contribution in [3.63, 3.8) is 0 Å². The Morgan fingerprint density at radius 2 is 2.00 bits per heavy atom. The second-order valence-electron chi connectivity index (χ2n) is 5.49. The van der Waals surface area contributed by atoms with Gasteiger partial charge in [0, 0.05) is 23.7 Å². The number of aryl methyl sites for hydroxylation is 1. The van der Waals surface area contributed by atoms with Gasteiger partial charge >= 0.3 is 0 Å². The molecule has 0 saturated carbocycles. The van der Waals surface area contributed by atoms with E-state index >= 15 is 0 Å². The lowest BCUT2D eigenvalue weighted by molar-refractivity contribution is -0.384. The van der Waals surface area contributed by atoms with E-state index in [1.54, 1.807) is 12.1 Å². The van der Waals surface area contributed by atoms with Gasteiger partial charge in [0.1, 0.15) is 0 Å². The lowest BCUT2D eigenvalue weighted by Gasteiger charge is -2.28.